The molecule has 0 aliphatic carbocycles. The van der Waals surface area contributed by atoms with Gasteiger partial charge < -0.3 is 0 Å². The second-order valence-corrected chi connectivity index (χ2v) is 7.12. The van der Waals surface area contributed by atoms with E-state index in [0.717, 1.165) is 24.3 Å². The molecule has 0 aliphatic rings. The third-order valence-electron chi connectivity index (χ3n) is 3.73. The molecular formula is C17H17ClFN5OS. The van der Waals surface area contributed by atoms with Crippen LogP contribution in [0.3, 0.4) is 0 Å². The molecular weight excluding hydrogens is 377 g/mol. The lowest BCUT2D eigenvalue weighted by Gasteiger charge is -2.03. The molecule has 0 radical (unpaired) electrons. The fraction of sp³-hybridized carbons (Fsp3) is 0.294. The molecule has 0 saturated heterocycles. The van der Waals surface area contributed by atoms with Gasteiger partial charge in [0.15, 0.2) is 0 Å². The summed E-state index contributed by atoms with van der Waals surface area (Å²) in [6, 6.07) is 5.70. The molecule has 9 heteroatoms. The van der Waals surface area contributed by atoms with Crippen LogP contribution in [0.1, 0.15) is 40.8 Å². The molecule has 6 nitrogen and oxygen atoms in total. The van der Waals surface area contributed by atoms with Crippen LogP contribution >= 0.6 is 22.9 Å². The molecule has 136 valence electrons. The van der Waals surface area contributed by atoms with Crippen molar-refractivity contribution in [3.8, 4) is 5.69 Å². The maximum absolute atomic E-state index is 13.1. The van der Waals surface area contributed by atoms with Crippen molar-refractivity contribution < 1.29 is 9.18 Å². The van der Waals surface area contributed by atoms with Crippen LogP contribution in [-0.2, 0) is 6.42 Å². The molecule has 2 aromatic heterocycles. The minimum absolute atomic E-state index is 0.155. The fourth-order valence-corrected chi connectivity index (χ4v) is 3.54. The summed E-state index contributed by atoms with van der Waals surface area (Å²) in [6.45, 7) is 3.79. The summed E-state index contributed by atoms with van der Waals surface area (Å²) in [5.74, 6) is -0.763. The van der Waals surface area contributed by atoms with Gasteiger partial charge in [-0.2, -0.15) is 5.10 Å². The summed E-state index contributed by atoms with van der Waals surface area (Å²) >= 11 is 7.70. The SMILES string of the molecule is CCCCc1nnc(NC(=O)c2c(C)nn(-c3ccc(F)cc3)c2Cl)s1. The van der Waals surface area contributed by atoms with Crippen molar-refractivity contribution in [3.05, 3.63) is 51.5 Å². The monoisotopic (exact) mass is 393 g/mol. The number of nitrogens with one attached hydrogen (secondary N) is 1. The number of benzene rings is 1. The van der Waals surface area contributed by atoms with Gasteiger partial charge >= 0.3 is 0 Å². The number of carbonyl (C=O) groups is 1. The Hall–Kier alpha value is -2.32. The molecule has 0 bridgehead atoms. The summed E-state index contributed by atoms with van der Waals surface area (Å²) in [6.07, 6.45) is 2.93. The standard InChI is InChI=1S/C17H17ClFN5OS/c1-3-4-5-13-21-22-17(26-13)20-16(25)14-10(2)23-24(15(14)18)12-8-6-11(19)7-9-12/h6-9H,3-5H2,1-2H3,(H,20,22,25). The van der Waals surface area contributed by atoms with E-state index in [1.165, 1.54) is 28.2 Å². The zero-order valence-electron chi connectivity index (χ0n) is 14.3. The highest BCUT2D eigenvalue weighted by Gasteiger charge is 2.22. The second-order valence-electron chi connectivity index (χ2n) is 5.70. The second kappa shape index (κ2) is 7.92. The van der Waals surface area contributed by atoms with Gasteiger partial charge in [0, 0.05) is 6.42 Å². The predicted octanol–water partition coefficient (Wildman–Crippen LogP) is 4.42. The van der Waals surface area contributed by atoms with Crippen molar-refractivity contribution >= 4 is 34.0 Å². The molecule has 1 aromatic carbocycles. The Bertz CT molecular complexity index is 922. The molecule has 0 fully saturated rings. The molecule has 3 aromatic rings. The van der Waals surface area contributed by atoms with Gasteiger partial charge in [0.2, 0.25) is 5.13 Å². The van der Waals surface area contributed by atoms with E-state index in [0.29, 0.717) is 16.5 Å². The van der Waals surface area contributed by atoms with E-state index in [4.69, 9.17) is 11.6 Å². The summed E-state index contributed by atoms with van der Waals surface area (Å²) < 4.78 is 14.5. The van der Waals surface area contributed by atoms with Crippen molar-refractivity contribution in [1.82, 2.24) is 20.0 Å². The minimum atomic E-state index is -0.404. The highest BCUT2D eigenvalue weighted by atomic mass is 35.5. The summed E-state index contributed by atoms with van der Waals surface area (Å²) in [7, 11) is 0. The molecule has 3 rings (SSSR count). The Labute approximate surface area is 159 Å². The van der Waals surface area contributed by atoms with Crippen LogP contribution < -0.4 is 5.32 Å². The molecule has 2 heterocycles. The van der Waals surface area contributed by atoms with E-state index in [1.807, 2.05) is 0 Å². The van der Waals surface area contributed by atoms with Crippen molar-refractivity contribution in [3.63, 3.8) is 0 Å². The fourth-order valence-electron chi connectivity index (χ4n) is 2.40. The van der Waals surface area contributed by atoms with Crippen LogP contribution in [-0.4, -0.2) is 25.9 Å². The summed E-state index contributed by atoms with van der Waals surface area (Å²) in [4.78, 5) is 12.6. The number of unbranched alkanes of at least 4 members (excludes halogenated alkanes) is 1. The van der Waals surface area contributed by atoms with Gasteiger partial charge in [-0.1, -0.05) is 36.3 Å². The summed E-state index contributed by atoms with van der Waals surface area (Å²) in [5, 5.41) is 16.5. The van der Waals surface area contributed by atoms with E-state index < -0.39 is 5.91 Å². The Morgan fingerprint density at radius 3 is 2.73 bits per heavy atom. The normalized spacial score (nSPS) is 10.9. The molecule has 0 spiro atoms. The molecule has 0 aliphatic heterocycles. The largest absolute Gasteiger partial charge is 0.296 e. The third kappa shape index (κ3) is 3.91. The van der Waals surface area contributed by atoms with Crippen LogP contribution in [0.25, 0.3) is 5.69 Å². The number of aryl methyl sites for hydroxylation is 2. The van der Waals surface area contributed by atoms with Gasteiger partial charge in [0.25, 0.3) is 5.91 Å². The minimum Gasteiger partial charge on any atom is -0.296 e. The number of carbonyl (C=O) groups excluding carboxylic acids is 1. The van der Waals surface area contributed by atoms with Gasteiger partial charge in [-0.15, -0.1) is 10.2 Å². The van der Waals surface area contributed by atoms with E-state index >= 15 is 0 Å². The predicted molar refractivity (Wildman–Crippen MR) is 99.7 cm³/mol. The average molecular weight is 394 g/mol. The third-order valence-corrected chi connectivity index (χ3v) is 4.98. The van der Waals surface area contributed by atoms with Crippen molar-refractivity contribution in [1.29, 1.82) is 0 Å². The quantitative estimate of drug-likeness (QED) is 0.672. The molecule has 26 heavy (non-hydrogen) atoms. The maximum Gasteiger partial charge on any atom is 0.262 e. The van der Waals surface area contributed by atoms with E-state index in [1.54, 1.807) is 19.1 Å². The topological polar surface area (TPSA) is 72.7 Å². The Morgan fingerprint density at radius 2 is 2.04 bits per heavy atom. The van der Waals surface area contributed by atoms with Crippen molar-refractivity contribution in [2.24, 2.45) is 0 Å². The number of nitrogens with zero attached hydrogens (tertiary/aromatic N) is 4. The Kier molecular flexibility index (Phi) is 5.63. The maximum atomic E-state index is 13.1. The lowest BCUT2D eigenvalue weighted by molar-refractivity contribution is 0.102. The van der Waals surface area contributed by atoms with Crippen LogP contribution in [0.2, 0.25) is 5.15 Å². The van der Waals surface area contributed by atoms with Crippen molar-refractivity contribution in [2.75, 3.05) is 5.32 Å². The smallest absolute Gasteiger partial charge is 0.262 e. The zero-order chi connectivity index (χ0) is 18.7. The average Bonchev–Trinajstić information content (AvgIpc) is 3.17. The molecule has 1 N–H and O–H groups in total. The van der Waals surface area contributed by atoms with Crippen LogP contribution in [0, 0.1) is 12.7 Å². The number of hydrogen-bond acceptors (Lipinski definition) is 5. The van der Waals surface area contributed by atoms with Crippen LogP contribution in [0.5, 0.6) is 0 Å². The number of aromatic nitrogens is 4. The molecule has 1 amide bonds. The number of amides is 1. The first-order valence-corrected chi connectivity index (χ1v) is 9.33. The molecule has 0 atom stereocenters. The first-order chi connectivity index (χ1) is 12.5. The zero-order valence-corrected chi connectivity index (χ0v) is 15.9. The number of halogens is 2. The van der Waals surface area contributed by atoms with Crippen LogP contribution in [0.4, 0.5) is 9.52 Å². The van der Waals surface area contributed by atoms with Crippen molar-refractivity contribution in [2.45, 2.75) is 33.1 Å². The van der Waals surface area contributed by atoms with Gasteiger partial charge in [0.1, 0.15) is 21.5 Å². The Morgan fingerprint density at radius 1 is 1.31 bits per heavy atom. The van der Waals surface area contributed by atoms with E-state index in [2.05, 4.69) is 27.5 Å². The van der Waals surface area contributed by atoms with E-state index in [-0.39, 0.29) is 16.5 Å². The molecule has 0 saturated carbocycles. The summed E-state index contributed by atoms with van der Waals surface area (Å²) in [5.41, 5.74) is 1.28. The molecule has 0 unspecified atom stereocenters. The highest BCUT2D eigenvalue weighted by Crippen LogP contribution is 2.25. The Balaban J connectivity index is 1.81. The van der Waals surface area contributed by atoms with Gasteiger partial charge in [-0.3, -0.25) is 10.1 Å². The highest BCUT2D eigenvalue weighted by molar-refractivity contribution is 7.15. The number of rotatable bonds is 6. The first-order valence-electron chi connectivity index (χ1n) is 8.14. The first kappa shape index (κ1) is 18.5. The lowest BCUT2D eigenvalue weighted by Crippen LogP contribution is -2.13. The van der Waals surface area contributed by atoms with Gasteiger partial charge in [-0.25, -0.2) is 9.07 Å². The number of hydrogen-bond donors (Lipinski definition) is 1. The van der Waals surface area contributed by atoms with Crippen LogP contribution in [0.15, 0.2) is 24.3 Å². The van der Waals surface area contributed by atoms with E-state index in [9.17, 15) is 9.18 Å². The number of anilines is 1. The lowest BCUT2D eigenvalue weighted by atomic mass is 10.2. The van der Waals surface area contributed by atoms with Gasteiger partial charge in [-0.05, 0) is 37.6 Å². The van der Waals surface area contributed by atoms with Gasteiger partial charge in [0.05, 0.1) is 11.4 Å².